The highest BCUT2D eigenvalue weighted by Crippen LogP contribution is 2.31. The van der Waals surface area contributed by atoms with Gasteiger partial charge in [0.05, 0.1) is 5.69 Å². The first-order chi connectivity index (χ1) is 14.1. The molecule has 5 nitrogen and oxygen atoms in total. The number of nitrogens with one attached hydrogen (secondary N) is 1. The van der Waals surface area contributed by atoms with Gasteiger partial charge in [0.25, 0.3) is 0 Å². The number of amides is 2. The number of halogens is 1. The monoisotopic (exact) mass is 413 g/mol. The molecule has 1 N–H and O–H groups in total. The molecule has 1 aliphatic carbocycles. The molecule has 1 saturated carbocycles. The van der Waals surface area contributed by atoms with Gasteiger partial charge in [-0.1, -0.05) is 61.9 Å². The Morgan fingerprint density at radius 2 is 1.76 bits per heavy atom. The van der Waals surface area contributed by atoms with E-state index in [1.807, 2.05) is 47.2 Å². The largest absolute Gasteiger partial charge is 0.351 e. The molecule has 0 radical (unpaired) electrons. The minimum atomic E-state index is -0.632. The van der Waals surface area contributed by atoms with Crippen LogP contribution in [0, 0.1) is 0 Å². The summed E-state index contributed by atoms with van der Waals surface area (Å²) in [4.78, 5) is 28.0. The number of benzene rings is 1. The zero-order valence-corrected chi connectivity index (χ0v) is 17.4. The lowest BCUT2D eigenvalue weighted by Gasteiger charge is -2.37. The fraction of sp³-hybridized carbons (Fsp3) is 0.478. The van der Waals surface area contributed by atoms with Crippen molar-refractivity contribution >= 4 is 23.4 Å². The van der Waals surface area contributed by atoms with E-state index in [4.69, 9.17) is 11.6 Å². The zero-order chi connectivity index (χ0) is 20.2. The van der Waals surface area contributed by atoms with Crippen LogP contribution in [0.3, 0.4) is 0 Å². The van der Waals surface area contributed by atoms with Gasteiger partial charge in [-0.3, -0.25) is 9.59 Å². The Bertz CT molecular complexity index is 871. The lowest BCUT2D eigenvalue weighted by molar-refractivity contribution is -0.144. The predicted octanol–water partition coefficient (Wildman–Crippen LogP) is 4.45. The summed E-state index contributed by atoms with van der Waals surface area (Å²) < 4.78 is 1.88. The maximum Gasteiger partial charge on any atom is 0.249 e. The minimum absolute atomic E-state index is 0.0635. The number of hydrogen-bond donors (Lipinski definition) is 1. The number of hydrogen-bond acceptors (Lipinski definition) is 2. The van der Waals surface area contributed by atoms with Crippen molar-refractivity contribution in [1.82, 2.24) is 14.8 Å². The Morgan fingerprint density at radius 3 is 2.52 bits per heavy atom. The molecule has 1 aromatic heterocycles. The van der Waals surface area contributed by atoms with Crippen LogP contribution in [-0.4, -0.2) is 27.3 Å². The van der Waals surface area contributed by atoms with E-state index >= 15 is 0 Å². The van der Waals surface area contributed by atoms with Gasteiger partial charge in [-0.05, 0) is 36.6 Å². The molecule has 1 atom stereocenters. The first kappa shape index (κ1) is 20.0. The summed E-state index contributed by atoms with van der Waals surface area (Å²) in [6.07, 6.45) is 9.94. The summed E-state index contributed by atoms with van der Waals surface area (Å²) in [6.45, 7) is 0.576. The lowest BCUT2D eigenvalue weighted by atomic mass is 9.96. The fourth-order valence-corrected chi connectivity index (χ4v) is 4.70. The third-order valence-electron chi connectivity index (χ3n) is 6.08. The molecule has 1 aromatic carbocycles. The predicted molar refractivity (Wildman–Crippen MR) is 113 cm³/mol. The molecule has 6 heteroatoms. The van der Waals surface area contributed by atoms with Crippen LogP contribution in [-0.2, 0) is 22.7 Å². The maximum absolute atomic E-state index is 13.4. The van der Waals surface area contributed by atoms with E-state index in [1.54, 1.807) is 4.90 Å². The van der Waals surface area contributed by atoms with E-state index in [9.17, 15) is 9.59 Å². The van der Waals surface area contributed by atoms with E-state index in [0.29, 0.717) is 11.6 Å². The molecule has 0 bridgehead atoms. The van der Waals surface area contributed by atoms with Crippen LogP contribution in [0.1, 0.15) is 62.2 Å². The van der Waals surface area contributed by atoms with Crippen LogP contribution in [0.4, 0.5) is 0 Å². The minimum Gasteiger partial charge on any atom is -0.351 e. The molecule has 1 fully saturated rings. The summed E-state index contributed by atoms with van der Waals surface area (Å²) in [6, 6.07) is 10.9. The van der Waals surface area contributed by atoms with E-state index in [0.717, 1.165) is 36.9 Å². The zero-order valence-electron chi connectivity index (χ0n) is 16.6. The highest BCUT2D eigenvalue weighted by atomic mass is 35.5. The Kier molecular flexibility index (Phi) is 6.24. The van der Waals surface area contributed by atoms with Crippen molar-refractivity contribution in [3.05, 3.63) is 58.9 Å². The molecule has 2 amide bonds. The van der Waals surface area contributed by atoms with Gasteiger partial charge in [0.1, 0.15) is 6.54 Å². The number of rotatable bonds is 4. The van der Waals surface area contributed by atoms with Crippen molar-refractivity contribution in [3.8, 4) is 0 Å². The van der Waals surface area contributed by atoms with Crippen molar-refractivity contribution in [2.45, 2.75) is 70.1 Å². The van der Waals surface area contributed by atoms with Gasteiger partial charge in [0, 0.05) is 23.8 Å². The van der Waals surface area contributed by atoms with Gasteiger partial charge < -0.3 is 14.8 Å². The van der Waals surface area contributed by atoms with Crippen LogP contribution < -0.4 is 5.32 Å². The molecule has 2 aliphatic rings. The Morgan fingerprint density at radius 1 is 1.03 bits per heavy atom. The number of carbonyl (C=O) groups excluding carboxylic acids is 2. The second kappa shape index (κ2) is 9.04. The van der Waals surface area contributed by atoms with Crippen LogP contribution in [0.25, 0.3) is 0 Å². The first-order valence-corrected chi connectivity index (χ1v) is 11.0. The molecular weight excluding hydrogens is 386 g/mol. The highest BCUT2D eigenvalue weighted by molar-refractivity contribution is 6.31. The van der Waals surface area contributed by atoms with E-state index in [1.165, 1.54) is 19.3 Å². The summed E-state index contributed by atoms with van der Waals surface area (Å²) >= 11 is 6.34. The van der Waals surface area contributed by atoms with Gasteiger partial charge in [-0.25, -0.2) is 0 Å². The Labute approximate surface area is 177 Å². The smallest absolute Gasteiger partial charge is 0.249 e. The van der Waals surface area contributed by atoms with Crippen LogP contribution >= 0.6 is 11.6 Å². The van der Waals surface area contributed by atoms with Crippen LogP contribution in [0.15, 0.2) is 42.6 Å². The fourth-order valence-electron chi connectivity index (χ4n) is 4.51. The molecule has 154 valence electrons. The number of carbonyl (C=O) groups is 2. The normalized spacial score (nSPS) is 20.7. The van der Waals surface area contributed by atoms with Gasteiger partial charge >= 0.3 is 0 Å². The SMILES string of the molecule is O=C(NC1CCCCCCC1)[C@@H]1c2cccn2CC(=O)N1Cc1ccccc1Cl. The molecule has 0 unspecified atom stereocenters. The van der Waals surface area contributed by atoms with Crippen molar-refractivity contribution in [2.24, 2.45) is 0 Å². The summed E-state index contributed by atoms with van der Waals surface area (Å²) in [5, 5.41) is 3.87. The summed E-state index contributed by atoms with van der Waals surface area (Å²) in [5.41, 5.74) is 1.71. The molecule has 2 aromatic rings. The second-order valence-corrected chi connectivity index (χ2v) is 8.53. The van der Waals surface area contributed by atoms with Gasteiger partial charge in [0.2, 0.25) is 11.8 Å². The molecule has 0 saturated heterocycles. The van der Waals surface area contributed by atoms with Crippen molar-refractivity contribution in [2.75, 3.05) is 0 Å². The van der Waals surface area contributed by atoms with Gasteiger partial charge in [0.15, 0.2) is 6.04 Å². The number of fused-ring (bicyclic) bond motifs is 1. The maximum atomic E-state index is 13.4. The van der Waals surface area contributed by atoms with Crippen molar-refractivity contribution in [1.29, 1.82) is 0 Å². The quantitative estimate of drug-likeness (QED) is 0.804. The van der Waals surface area contributed by atoms with E-state index in [-0.39, 0.29) is 24.4 Å². The molecular formula is C23H28ClN3O2. The molecule has 2 heterocycles. The number of aromatic nitrogens is 1. The number of nitrogens with zero attached hydrogens (tertiary/aromatic N) is 2. The Hall–Kier alpha value is -2.27. The molecule has 1 aliphatic heterocycles. The van der Waals surface area contributed by atoms with E-state index in [2.05, 4.69) is 5.32 Å². The lowest BCUT2D eigenvalue weighted by Crippen LogP contribution is -2.50. The van der Waals surface area contributed by atoms with Crippen molar-refractivity contribution < 1.29 is 9.59 Å². The Balaban J connectivity index is 1.58. The van der Waals surface area contributed by atoms with E-state index < -0.39 is 6.04 Å². The standard InChI is InChI=1S/C23H28ClN3O2/c24-19-12-7-6-9-17(19)15-27-21(28)16-26-14-8-13-20(26)22(27)23(29)25-18-10-4-2-1-3-5-11-18/h6-9,12-14,18,22H,1-5,10-11,15-16H2,(H,25,29)/t22-/m0/s1. The second-order valence-electron chi connectivity index (χ2n) is 8.13. The average Bonchev–Trinajstić information content (AvgIpc) is 3.13. The highest BCUT2D eigenvalue weighted by Gasteiger charge is 2.38. The summed E-state index contributed by atoms with van der Waals surface area (Å²) in [7, 11) is 0. The average molecular weight is 414 g/mol. The van der Waals surface area contributed by atoms with Crippen LogP contribution in [0.5, 0.6) is 0 Å². The van der Waals surface area contributed by atoms with Crippen LogP contribution in [0.2, 0.25) is 5.02 Å². The molecule has 29 heavy (non-hydrogen) atoms. The topological polar surface area (TPSA) is 54.3 Å². The molecule has 4 rings (SSSR count). The summed E-state index contributed by atoms with van der Waals surface area (Å²) in [5.74, 6) is -0.151. The van der Waals surface area contributed by atoms with Gasteiger partial charge in [-0.15, -0.1) is 0 Å². The third kappa shape index (κ3) is 4.50. The first-order valence-electron chi connectivity index (χ1n) is 10.6. The van der Waals surface area contributed by atoms with Gasteiger partial charge in [-0.2, -0.15) is 0 Å². The third-order valence-corrected chi connectivity index (χ3v) is 6.45. The van der Waals surface area contributed by atoms with Crippen molar-refractivity contribution in [3.63, 3.8) is 0 Å². The molecule has 0 spiro atoms.